The Morgan fingerprint density at radius 3 is 2.59 bits per heavy atom. The van der Waals surface area contributed by atoms with Crippen LogP contribution in [0.25, 0.3) is 16.6 Å². The maximum atomic E-state index is 13.3. The zero-order valence-corrected chi connectivity index (χ0v) is 19.7. The van der Waals surface area contributed by atoms with Crippen molar-refractivity contribution in [3.8, 4) is 11.4 Å². The van der Waals surface area contributed by atoms with Crippen molar-refractivity contribution in [1.82, 2.24) is 15.1 Å². The minimum atomic E-state index is -0.412. The van der Waals surface area contributed by atoms with Crippen LogP contribution in [-0.2, 0) is 9.53 Å². The minimum Gasteiger partial charge on any atom is -0.484 e. The average Bonchev–Trinajstić information content (AvgIpc) is 3.23. The largest absolute Gasteiger partial charge is 0.484 e. The number of fused-ring (bicyclic) bond motifs is 1. The summed E-state index contributed by atoms with van der Waals surface area (Å²) in [6, 6.07) is 17.8. The molecule has 1 N–H and O–H groups in total. The molecule has 0 saturated heterocycles. The second kappa shape index (κ2) is 10.1. The SMILES string of the molecule is COCC(=O)N[C@@H](C)[C@@H](Oc1ccc2c(cnn2-c2ccc(F)cc2)c1)c1cc(C)ccc1C. The van der Waals surface area contributed by atoms with Crippen LogP contribution >= 0.6 is 0 Å². The molecule has 4 rings (SSSR count). The molecule has 34 heavy (non-hydrogen) atoms. The Balaban J connectivity index is 1.66. The van der Waals surface area contributed by atoms with Crippen molar-refractivity contribution in [1.29, 1.82) is 0 Å². The normalized spacial score (nSPS) is 13.0. The molecule has 3 aromatic carbocycles. The van der Waals surface area contributed by atoms with Crippen molar-refractivity contribution >= 4 is 16.8 Å². The van der Waals surface area contributed by atoms with Gasteiger partial charge in [0.25, 0.3) is 0 Å². The monoisotopic (exact) mass is 461 g/mol. The molecular weight excluding hydrogens is 433 g/mol. The van der Waals surface area contributed by atoms with E-state index in [-0.39, 0.29) is 24.4 Å². The molecule has 0 aliphatic heterocycles. The number of nitrogens with one attached hydrogen (secondary N) is 1. The molecule has 1 heterocycles. The summed E-state index contributed by atoms with van der Waals surface area (Å²) in [4.78, 5) is 12.2. The summed E-state index contributed by atoms with van der Waals surface area (Å²) in [5.41, 5.74) is 4.85. The van der Waals surface area contributed by atoms with Crippen molar-refractivity contribution in [2.45, 2.75) is 32.9 Å². The molecule has 0 fully saturated rings. The average molecular weight is 462 g/mol. The lowest BCUT2D eigenvalue weighted by atomic mass is 9.96. The Kier molecular flexibility index (Phi) is 6.93. The predicted octanol–water partition coefficient (Wildman–Crippen LogP) is 5.05. The second-order valence-corrected chi connectivity index (χ2v) is 8.44. The lowest BCUT2D eigenvalue weighted by Crippen LogP contribution is -2.41. The minimum absolute atomic E-state index is 0.0155. The zero-order chi connectivity index (χ0) is 24.2. The number of ether oxygens (including phenoxy) is 2. The maximum Gasteiger partial charge on any atom is 0.246 e. The van der Waals surface area contributed by atoms with Gasteiger partial charge in [-0.05, 0) is 74.4 Å². The second-order valence-electron chi connectivity index (χ2n) is 8.44. The van der Waals surface area contributed by atoms with Crippen molar-refractivity contribution < 1.29 is 18.7 Å². The number of hydrogen-bond acceptors (Lipinski definition) is 4. The Morgan fingerprint density at radius 2 is 1.85 bits per heavy atom. The number of carbonyl (C=O) groups excluding carboxylic acids is 1. The first-order chi connectivity index (χ1) is 16.4. The van der Waals surface area contributed by atoms with E-state index in [4.69, 9.17) is 9.47 Å². The molecule has 176 valence electrons. The summed E-state index contributed by atoms with van der Waals surface area (Å²) in [5, 5.41) is 8.33. The van der Waals surface area contributed by atoms with E-state index in [1.807, 2.05) is 39.0 Å². The number of amides is 1. The molecular formula is C27H28FN3O3. The topological polar surface area (TPSA) is 65.4 Å². The van der Waals surface area contributed by atoms with Gasteiger partial charge in [-0.25, -0.2) is 9.07 Å². The Labute approximate surface area is 198 Å². The van der Waals surface area contributed by atoms with Gasteiger partial charge < -0.3 is 14.8 Å². The van der Waals surface area contributed by atoms with Gasteiger partial charge in [0, 0.05) is 12.5 Å². The summed E-state index contributed by atoms with van der Waals surface area (Å²) < 4.78 is 26.5. The summed E-state index contributed by atoms with van der Waals surface area (Å²) in [7, 11) is 1.49. The van der Waals surface area contributed by atoms with Crippen LogP contribution in [0.4, 0.5) is 4.39 Å². The smallest absolute Gasteiger partial charge is 0.246 e. The van der Waals surface area contributed by atoms with E-state index < -0.39 is 6.10 Å². The van der Waals surface area contributed by atoms with E-state index in [1.165, 1.54) is 19.2 Å². The number of aromatic nitrogens is 2. The zero-order valence-electron chi connectivity index (χ0n) is 19.7. The third-order valence-corrected chi connectivity index (χ3v) is 5.73. The molecule has 0 radical (unpaired) electrons. The van der Waals surface area contributed by atoms with Crippen molar-refractivity contribution in [3.05, 3.63) is 89.4 Å². The quantitative estimate of drug-likeness (QED) is 0.399. The van der Waals surface area contributed by atoms with Gasteiger partial charge in [0.2, 0.25) is 5.91 Å². The number of hydrogen-bond donors (Lipinski definition) is 1. The Morgan fingerprint density at radius 1 is 1.09 bits per heavy atom. The fraction of sp³-hybridized carbons (Fsp3) is 0.259. The summed E-state index contributed by atoms with van der Waals surface area (Å²) >= 11 is 0. The van der Waals surface area contributed by atoms with Crippen LogP contribution in [0, 0.1) is 19.7 Å². The van der Waals surface area contributed by atoms with Gasteiger partial charge >= 0.3 is 0 Å². The van der Waals surface area contributed by atoms with E-state index in [1.54, 1.807) is 23.0 Å². The number of halogens is 1. The fourth-order valence-corrected chi connectivity index (χ4v) is 4.02. The number of benzene rings is 3. The number of carbonyl (C=O) groups is 1. The summed E-state index contributed by atoms with van der Waals surface area (Å²) in [5.74, 6) is 0.162. The van der Waals surface area contributed by atoms with Gasteiger partial charge in [-0.2, -0.15) is 5.10 Å². The molecule has 1 amide bonds. The van der Waals surface area contributed by atoms with Crippen LogP contribution in [0.2, 0.25) is 0 Å². The predicted molar refractivity (Wildman–Crippen MR) is 130 cm³/mol. The lowest BCUT2D eigenvalue weighted by molar-refractivity contribution is -0.126. The van der Waals surface area contributed by atoms with E-state index >= 15 is 0 Å². The molecule has 0 unspecified atom stereocenters. The van der Waals surface area contributed by atoms with E-state index in [2.05, 4.69) is 28.6 Å². The number of nitrogens with zero attached hydrogens (tertiary/aromatic N) is 2. The van der Waals surface area contributed by atoms with E-state index in [9.17, 15) is 9.18 Å². The highest BCUT2D eigenvalue weighted by Crippen LogP contribution is 2.31. The highest BCUT2D eigenvalue weighted by atomic mass is 19.1. The molecule has 1 aromatic heterocycles. The molecule has 0 aliphatic carbocycles. The molecule has 2 atom stereocenters. The third-order valence-electron chi connectivity index (χ3n) is 5.73. The van der Waals surface area contributed by atoms with Crippen molar-refractivity contribution in [3.63, 3.8) is 0 Å². The lowest BCUT2D eigenvalue weighted by Gasteiger charge is -2.28. The fourth-order valence-electron chi connectivity index (χ4n) is 4.02. The van der Waals surface area contributed by atoms with Crippen molar-refractivity contribution in [2.24, 2.45) is 0 Å². The van der Waals surface area contributed by atoms with Crippen LogP contribution in [0.5, 0.6) is 5.75 Å². The summed E-state index contributed by atoms with van der Waals surface area (Å²) in [6.07, 6.45) is 1.34. The van der Waals surface area contributed by atoms with Gasteiger partial charge in [-0.1, -0.05) is 23.8 Å². The van der Waals surface area contributed by atoms with Crippen molar-refractivity contribution in [2.75, 3.05) is 13.7 Å². The first kappa shape index (κ1) is 23.4. The van der Waals surface area contributed by atoms with Gasteiger partial charge in [0.15, 0.2) is 0 Å². The van der Waals surface area contributed by atoms with E-state index in [0.717, 1.165) is 33.3 Å². The maximum absolute atomic E-state index is 13.3. The molecule has 0 aliphatic rings. The summed E-state index contributed by atoms with van der Waals surface area (Å²) in [6.45, 7) is 5.97. The number of methoxy groups -OCH3 is 1. The Bertz CT molecular complexity index is 1300. The number of rotatable bonds is 8. The van der Waals surface area contributed by atoms with Gasteiger partial charge in [0.1, 0.15) is 24.3 Å². The first-order valence-corrected chi connectivity index (χ1v) is 11.1. The van der Waals surface area contributed by atoms with E-state index in [0.29, 0.717) is 5.75 Å². The van der Waals surface area contributed by atoms with Crippen LogP contribution in [0.1, 0.15) is 29.7 Å². The van der Waals surface area contributed by atoms with Crippen LogP contribution in [0.3, 0.4) is 0 Å². The molecule has 4 aromatic rings. The third kappa shape index (κ3) is 5.10. The molecule has 7 heteroatoms. The van der Waals surface area contributed by atoms with Gasteiger partial charge in [0.05, 0.1) is 23.4 Å². The molecule has 0 bridgehead atoms. The Hall–Kier alpha value is -3.71. The highest BCUT2D eigenvalue weighted by Gasteiger charge is 2.25. The van der Waals surface area contributed by atoms with Crippen LogP contribution in [-0.4, -0.2) is 35.4 Å². The first-order valence-electron chi connectivity index (χ1n) is 11.1. The van der Waals surface area contributed by atoms with Gasteiger partial charge in [-0.3, -0.25) is 4.79 Å². The molecule has 0 spiro atoms. The highest BCUT2D eigenvalue weighted by molar-refractivity contribution is 5.82. The van der Waals surface area contributed by atoms with Crippen LogP contribution in [0.15, 0.2) is 66.9 Å². The molecule has 0 saturated carbocycles. The standard InChI is InChI=1S/C27H28FN3O3/c1-17-5-6-18(2)24(13-17)27(19(3)30-26(32)16-33-4)34-23-11-12-25-20(14-23)15-29-31(25)22-9-7-21(28)8-10-22/h5-15,19,27H,16H2,1-4H3,(H,30,32)/t19-,27+/m0/s1. The molecule has 6 nitrogen and oxygen atoms in total. The van der Waals surface area contributed by atoms with Gasteiger partial charge in [-0.15, -0.1) is 0 Å². The van der Waals surface area contributed by atoms with Crippen LogP contribution < -0.4 is 10.1 Å². The number of aryl methyl sites for hydroxylation is 2.